The molecule has 314 valence electrons. The van der Waals surface area contributed by atoms with Gasteiger partial charge in [-0.15, -0.1) is 11.8 Å². The first-order valence-corrected chi connectivity index (χ1v) is 17.1. The summed E-state index contributed by atoms with van der Waals surface area (Å²) in [5, 5.41) is 18.5. The van der Waals surface area contributed by atoms with Crippen molar-refractivity contribution < 1.29 is 75.6 Å². The van der Waals surface area contributed by atoms with E-state index >= 15 is 0 Å². The van der Waals surface area contributed by atoms with Crippen LogP contribution in [0.25, 0.3) is 0 Å². The zero-order chi connectivity index (χ0) is 40.3. The highest BCUT2D eigenvalue weighted by Crippen LogP contribution is 2.37. The molecule has 0 aliphatic carbocycles. The van der Waals surface area contributed by atoms with Gasteiger partial charge >= 0.3 is 11.9 Å². The number of benzene rings is 4. The molecule has 0 fully saturated rings. The van der Waals surface area contributed by atoms with E-state index in [1.807, 2.05) is 30.3 Å². The number of hydrogen-bond acceptors (Lipinski definition) is 14. The van der Waals surface area contributed by atoms with E-state index in [9.17, 15) is 27.9 Å². The molecule has 0 bridgehead atoms. The number of thioether (sulfide) groups is 1. The Labute approximate surface area is 334 Å². The van der Waals surface area contributed by atoms with Gasteiger partial charge in [0.1, 0.15) is 45.8 Å². The highest BCUT2D eigenvalue weighted by molar-refractivity contribution is 7.98. The number of carbonyl (C=O) groups is 2. The monoisotopic (exact) mass is 826 g/mol. The molecular weight excluding hydrogens is 777 g/mol. The van der Waals surface area contributed by atoms with E-state index in [0.717, 1.165) is 18.1 Å². The Kier molecular flexibility index (Phi) is 23.0. The molecule has 4 aromatic rings. The average molecular weight is 827 g/mol. The van der Waals surface area contributed by atoms with E-state index in [1.165, 1.54) is 70.5 Å². The third kappa shape index (κ3) is 13.9. The predicted molar refractivity (Wildman–Crippen MR) is 205 cm³/mol. The lowest BCUT2D eigenvalue weighted by Crippen LogP contribution is -2.12. The van der Waals surface area contributed by atoms with Gasteiger partial charge in [0.25, 0.3) is 0 Å². The van der Waals surface area contributed by atoms with E-state index in [2.05, 4.69) is 9.47 Å². The summed E-state index contributed by atoms with van der Waals surface area (Å²) in [4.78, 5) is 24.5. The Hall–Kier alpha value is -4.88. The fraction of sp³-hybridized carbons (Fsp3) is 0.350. The summed E-state index contributed by atoms with van der Waals surface area (Å²) in [5.41, 5.74) is 0.743. The summed E-state index contributed by atoms with van der Waals surface area (Å²) < 4.78 is 85.1. The van der Waals surface area contributed by atoms with Gasteiger partial charge in [-0.1, -0.05) is 33.1 Å². The van der Waals surface area contributed by atoms with Crippen LogP contribution in [0.2, 0.25) is 0 Å². The van der Waals surface area contributed by atoms with Crippen LogP contribution < -0.4 is 14.2 Å². The minimum atomic E-state index is -1.12. The fourth-order valence-corrected chi connectivity index (χ4v) is 5.78. The molecule has 2 N–H and O–H groups in total. The molecule has 1 aliphatic heterocycles. The second kappa shape index (κ2) is 26.1. The first-order chi connectivity index (χ1) is 26.6. The Morgan fingerprint density at radius 2 is 1.14 bits per heavy atom. The molecule has 0 saturated heterocycles. The minimum Gasteiger partial charge on any atom is -0.467 e. The normalized spacial score (nSPS) is 12.2. The van der Waals surface area contributed by atoms with Crippen LogP contribution in [0.15, 0.2) is 71.6 Å². The van der Waals surface area contributed by atoms with Crippen LogP contribution in [0.4, 0.5) is 13.2 Å². The van der Waals surface area contributed by atoms with Crippen molar-refractivity contribution in [3.8, 4) is 17.2 Å². The summed E-state index contributed by atoms with van der Waals surface area (Å²) in [6.07, 6.45) is -1.12. The van der Waals surface area contributed by atoms with Crippen molar-refractivity contribution in [1.82, 2.24) is 0 Å². The molecule has 0 spiro atoms. The summed E-state index contributed by atoms with van der Waals surface area (Å²) >= 11 is 1.43. The lowest BCUT2D eigenvalue weighted by Gasteiger charge is -2.14. The van der Waals surface area contributed by atoms with Crippen LogP contribution in [-0.4, -0.2) is 78.1 Å². The van der Waals surface area contributed by atoms with Gasteiger partial charge in [0.05, 0.1) is 33.0 Å². The molecule has 1 unspecified atom stereocenters. The second-order valence-electron chi connectivity index (χ2n) is 10.8. The maximum Gasteiger partial charge on any atom is 0.342 e. The standard InChI is InChI=1S/C17H17FO4S.C11H13FO5.C10H11FO4.2CH4/c1-20-11-22-15-9-8-14(18)13(16(15)17(19)21-2)10-23-12-6-4-3-5-7-12;1-15-6-17-9-4-3-8(12)7(5-13)10(9)11(14)16-2;1-13-5-15-8-3-2-7(11)6-4-14-10(12)9(6)8;;/h3-9H,10-11H2,1-2H3;3-4,13H,5-6H2,1-2H3;2-3,10,12H,4-5H2,1H3;2*1H4. The van der Waals surface area contributed by atoms with Gasteiger partial charge < -0.3 is 52.8 Å². The fourth-order valence-electron chi connectivity index (χ4n) is 4.83. The number of methoxy groups -OCH3 is 5. The third-order valence-electron chi connectivity index (χ3n) is 7.39. The largest absolute Gasteiger partial charge is 0.467 e. The molecule has 57 heavy (non-hydrogen) atoms. The molecule has 0 aromatic heterocycles. The number of aliphatic hydroxyl groups is 2. The SMILES string of the molecule is C.C.COCOc1ccc(F)c(CO)c1C(=O)OC.COCOc1ccc(F)c(CSc2ccccc2)c1C(=O)OC.COCOc1ccc(F)c2c1C(O)OC2. The summed E-state index contributed by atoms with van der Waals surface area (Å²) in [6.45, 7) is -0.654. The van der Waals surface area contributed by atoms with Crippen molar-refractivity contribution in [2.75, 3.05) is 55.9 Å². The zero-order valence-corrected chi connectivity index (χ0v) is 31.4. The van der Waals surface area contributed by atoms with Gasteiger partial charge in [0.2, 0.25) is 0 Å². The van der Waals surface area contributed by atoms with E-state index in [4.69, 9.17) is 38.3 Å². The Morgan fingerprint density at radius 3 is 1.63 bits per heavy atom. The van der Waals surface area contributed by atoms with E-state index in [-0.39, 0.29) is 81.3 Å². The van der Waals surface area contributed by atoms with Crippen molar-refractivity contribution in [1.29, 1.82) is 0 Å². The van der Waals surface area contributed by atoms with Gasteiger partial charge in [0.15, 0.2) is 26.7 Å². The first-order valence-electron chi connectivity index (χ1n) is 16.1. The van der Waals surface area contributed by atoms with E-state index in [0.29, 0.717) is 16.9 Å². The number of hydrogen-bond donors (Lipinski definition) is 2. The van der Waals surface area contributed by atoms with Crippen molar-refractivity contribution in [2.24, 2.45) is 0 Å². The van der Waals surface area contributed by atoms with Gasteiger partial charge in [-0.3, -0.25) is 0 Å². The molecule has 1 atom stereocenters. The number of carbonyl (C=O) groups excluding carboxylic acids is 2. The van der Waals surface area contributed by atoms with Crippen LogP contribution in [0.5, 0.6) is 17.2 Å². The van der Waals surface area contributed by atoms with Crippen LogP contribution in [0, 0.1) is 17.5 Å². The smallest absolute Gasteiger partial charge is 0.342 e. The number of halogens is 3. The van der Waals surface area contributed by atoms with E-state index < -0.39 is 42.3 Å². The average Bonchev–Trinajstić information content (AvgIpc) is 3.61. The lowest BCUT2D eigenvalue weighted by atomic mass is 10.1. The van der Waals surface area contributed by atoms with Crippen molar-refractivity contribution in [2.45, 2.75) is 45.0 Å². The zero-order valence-electron chi connectivity index (χ0n) is 30.6. The number of ether oxygens (including phenoxy) is 9. The Bertz CT molecular complexity index is 1850. The third-order valence-corrected chi connectivity index (χ3v) is 8.43. The number of rotatable bonds is 15. The maximum atomic E-state index is 14.2. The molecule has 13 nitrogen and oxygen atoms in total. The topological polar surface area (TPSA) is 158 Å². The number of esters is 2. The van der Waals surface area contributed by atoms with Crippen molar-refractivity contribution in [3.63, 3.8) is 0 Å². The summed E-state index contributed by atoms with van der Waals surface area (Å²) in [7, 11) is 6.77. The molecule has 0 saturated carbocycles. The predicted octanol–water partition coefficient (Wildman–Crippen LogP) is 7.58. The van der Waals surface area contributed by atoms with Gasteiger partial charge in [0, 0.05) is 48.7 Å². The highest BCUT2D eigenvalue weighted by atomic mass is 32.2. The molecule has 0 radical (unpaired) electrons. The molecule has 0 amide bonds. The van der Waals surface area contributed by atoms with E-state index in [1.54, 1.807) is 0 Å². The van der Waals surface area contributed by atoms with Crippen LogP contribution in [0.1, 0.15) is 64.1 Å². The van der Waals surface area contributed by atoms with Crippen LogP contribution in [-0.2, 0) is 47.4 Å². The summed E-state index contributed by atoms with van der Waals surface area (Å²) in [6, 6.07) is 17.3. The molecular formula is C40H49F3O13S. The van der Waals surface area contributed by atoms with Crippen LogP contribution >= 0.6 is 11.8 Å². The molecule has 4 aromatic carbocycles. The lowest BCUT2D eigenvalue weighted by molar-refractivity contribution is -0.0935. The van der Waals surface area contributed by atoms with Crippen molar-refractivity contribution in [3.05, 3.63) is 118 Å². The molecule has 5 rings (SSSR count). The Balaban J connectivity index is 0.000000431. The Morgan fingerprint density at radius 1 is 0.684 bits per heavy atom. The highest BCUT2D eigenvalue weighted by Gasteiger charge is 2.28. The maximum absolute atomic E-state index is 14.2. The van der Waals surface area contributed by atoms with Gasteiger partial charge in [-0.25, -0.2) is 22.8 Å². The molecule has 1 heterocycles. The van der Waals surface area contributed by atoms with Gasteiger partial charge in [-0.05, 0) is 48.5 Å². The van der Waals surface area contributed by atoms with Gasteiger partial charge in [-0.2, -0.15) is 0 Å². The molecule has 1 aliphatic rings. The second-order valence-corrected chi connectivity index (χ2v) is 11.8. The first kappa shape index (κ1) is 50.1. The molecule has 17 heteroatoms. The van der Waals surface area contributed by atoms with Crippen LogP contribution in [0.3, 0.4) is 0 Å². The quantitative estimate of drug-likeness (QED) is 0.0687. The minimum absolute atomic E-state index is 0. The summed E-state index contributed by atoms with van der Waals surface area (Å²) in [5.74, 6) is -1.97. The number of aliphatic hydroxyl groups excluding tert-OH is 2. The van der Waals surface area contributed by atoms with Crippen molar-refractivity contribution >= 4 is 23.7 Å². The number of fused-ring (bicyclic) bond motifs is 1.